The van der Waals surface area contributed by atoms with Crippen LogP contribution < -0.4 is 0 Å². The molecule has 0 aromatic carbocycles. The largest absolute Gasteiger partial charge is 0.465 e. The molecule has 0 bridgehead atoms. The summed E-state index contributed by atoms with van der Waals surface area (Å²) in [4.78, 5) is 25.4. The number of allylic oxidation sites excluding steroid dienone is 3. The molecule has 0 N–H and O–H groups in total. The van der Waals surface area contributed by atoms with Crippen molar-refractivity contribution in [3.63, 3.8) is 0 Å². The zero-order valence-corrected chi connectivity index (χ0v) is 16.5. The summed E-state index contributed by atoms with van der Waals surface area (Å²) in [6, 6.07) is 0. The van der Waals surface area contributed by atoms with Gasteiger partial charge in [-0.15, -0.1) is 0 Å². The molecule has 0 spiro atoms. The number of carbonyl (C=O) groups excluding carboxylic acids is 2. The zero-order valence-electron chi connectivity index (χ0n) is 16.5. The van der Waals surface area contributed by atoms with E-state index in [-0.39, 0.29) is 6.42 Å². The van der Waals surface area contributed by atoms with Gasteiger partial charge in [0.05, 0.1) is 13.2 Å². The fourth-order valence-electron chi connectivity index (χ4n) is 2.51. The highest BCUT2D eigenvalue weighted by Crippen LogP contribution is 2.29. The molecule has 0 aromatic rings. The maximum Gasteiger partial charge on any atom is 0.327 e. The second kappa shape index (κ2) is 14.7. The molecule has 0 heterocycles. The molecule has 1 unspecified atom stereocenters. The van der Waals surface area contributed by atoms with E-state index in [1.807, 2.05) is 19.1 Å². The van der Waals surface area contributed by atoms with Gasteiger partial charge in [0, 0.05) is 0 Å². The Labute approximate surface area is 153 Å². The molecular formula is C21H36O4. The van der Waals surface area contributed by atoms with Gasteiger partial charge in [-0.25, -0.2) is 0 Å². The Balaban J connectivity index is 5.01. The topological polar surface area (TPSA) is 52.6 Å². The Morgan fingerprint density at radius 1 is 0.800 bits per heavy atom. The first-order chi connectivity index (χ1) is 12.1. The maximum absolute atomic E-state index is 12.7. The molecule has 1 atom stereocenters. The number of carbonyl (C=O) groups is 2. The summed E-state index contributed by atoms with van der Waals surface area (Å²) < 4.78 is 10.8. The van der Waals surface area contributed by atoms with E-state index in [0.717, 1.165) is 44.9 Å². The van der Waals surface area contributed by atoms with Crippen molar-refractivity contribution in [1.29, 1.82) is 0 Å². The van der Waals surface area contributed by atoms with E-state index in [4.69, 9.17) is 9.47 Å². The number of rotatable bonds is 14. The smallest absolute Gasteiger partial charge is 0.327 e. The predicted octanol–water partition coefficient (Wildman–Crippen LogP) is 5.37. The summed E-state index contributed by atoms with van der Waals surface area (Å²) in [6.07, 6.45) is 14.2. The normalized spacial score (nSPS) is 13.9. The van der Waals surface area contributed by atoms with Crippen molar-refractivity contribution < 1.29 is 19.1 Å². The molecule has 4 nitrogen and oxygen atoms in total. The van der Waals surface area contributed by atoms with Gasteiger partial charge in [-0.3, -0.25) is 9.59 Å². The van der Waals surface area contributed by atoms with E-state index >= 15 is 0 Å². The Bertz CT molecular complexity index is 426. The second-order valence-electron chi connectivity index (χ2n) is 6.28. The molecule has 0 aliphatic carbocycles. The Kier molecular flexibility index (Phi) is 13.8. The minimum absolute atomic E-state index is 0.258. The van der Waals surface area contributed by atoms with Crippen LogP contribution in [0.2, 0.25) is 0 Å². The Morgan fingerprint density at radius 2 is 1.32 bits per heavy atom. The average Bonchev–Trinajstić information content (AvgIpc) is 2.61. The molecule has 0 amide bonds. The van der Waals surface area contributed by atoms with Gasteiger partial charge in [0.15, 0.2) is 5.41 Å². The van der Waals surface area contributed by atoms with Crippen molar-refractivity contribution in [1.82, 2.24) is 0 Å². The molecule has 0 fully saturated rings. The highest BCUT2D eigenvalue weighted by atomic mass is 16.6. The SMILES string of the molecule is CC=CCC(C=CC)(C(=O)OCCCCC)C(=O)OCCCCCC. The molecule has 0 saturated heterocycles. The van der Waals surface area contributed by atoms with E-state index < -0.39 is 17.4 Å². The van der Waals surface area contributed by atoms with Crippen molar-refractivity contribution in [2.45, 2.75) is 79.1 Å². The molecule has 0 saturated carbocycles. The average molecular weight is 353 g/mol. The van der Waals surface area contributed by atoms with Crippen LogP contribution in [0.1, 0.15) is 79.1 Å². The van der Waals surface area contributed by atoms with Crippen LogP contribution in [0.15, 0.2) is 24.3 Å². The number of ether oxygens (including phenoxy) is 2. The van der Waals surface area contributed by atoms with Crippen molar-refractivity contribution in [2.75, 3.05) is 13.2 Å². The van der Waals surface area contributed by atoms with Crippen molar-refractivity contribution in [2.24, 2.45) is 5.41 Å². The lowest BCUT2D eigenvalue weighted by Gasteiger charge is -2.25. The second-order valence-corrected chi connectivity index (χ2v) is 6.28. The lowest BCUT2D eigenvalue weighted by Crippen LogP contribution is -2.40. The highest BCUT2D eigenvalue weighted by molar-refractivity contribution is 6.02. The van der Waals surface area contributed by atoms with Crippen LogP contribution >= 0.6 is 0 Å². The lowest BCUT2D eigenvalue weighted by molar-refractivity contribution is -0.168. The monoisotopic (exact) mass is 352 g/mol. The summed E-state index contributed by atoms with van der Waals surface area (Å²) in [7, 11) is 0. The summed E-state index contributed by atoms with van der Waals surface area (Å²) in [6.45, 7) is 8.57. The molecule has 0 aromatic heterocycles. The third kappa shape index (κ3) is 8.89. The summed E-state index contributed by atoms with van der Waals surface area (Å²) in [5, 5.41) is 0. The van der Waals surface area contributed by atoms with Gasteiger partial charge in [-0.1, -0.05) is 70.3 Å². The van der Waals surface area contributed by atoms with Crippen LogP contribution in [-0.4, -0.2) is 25.2 Å². The fraction of sp³-hybridized carbons (Fsp3) is 0.714. The number of hydrogen-bond acceptors (Lipinski definition) is 4. The van der Waals surface area contributed by atoms with Crippen LogP contribution in [0.3, 0.4) is 0 Å². The molecule has 0 radical (unpaired) electrons. The summed E-state index contributed by atoms with van der Waals surface area (Å²) in [5.41, 5.74) is -1.38. The van der Waals surface area contributed by atoms with E-state index in [1.165, 1.54) is 0 Å². The Hall–Kier alpha value is -1.58. The van der Waals surface area contributed by atoms with E-state index in [9.17, 15) is 9.59 Å². The van der Waals surface area contributed by atoms with Gasteiger partial charge in [0.25, 0.3) is 0 Å². The van der Waals surface area contributed by atoms with E-state index in [2.05, 4.69) is 13.8 Å². The predicted molar refractivity (Wildman–Crippen MR) is 102 cm³/mol. The van der Waals surface area contributed by atoms with Crippen LogP contribution in [-0.2, 0) is 19.1 Å². The summed E-state index contributed by atoms with van der Waals surface area (Å²) >= 11 is 0. The third-order valence-corrected chi connectivity index (χ3v) is 4.07. The van der Waals surface area contributed by atoms with Gasteiger partial charge in [-0.05, 0) is 33.1 Å². The first-order valence-electron chi connectivity index (χ1n) is 9.68. The van der Waals surface area contributed by atoms with Crippen LogP contribution in [0.25, 0.3) is 0 Å². The lowest BCUT2D eigenvalue weighted by atomic mass is 9.83. The molecular weight excluding hydrogens is 316 g/mol. The molecule has 0 aliphatic heterocycles. The van der Waals surface area contributed by atoms with Crippen molar-refractivity contribution >= 4 is 11.9 Å². The van der Waals surface area contributed by atoms with Crippen LogP contribution in [0, 0.1) is 5.41 Å². The van der Waals surface area contributed by atoms with Crippen molar-refractivity contribution in [3.05, 3.63) is 24.3 Å². The number of esters is 2. The fourth-order valence-corrected chi connectivity index (χ4v) is 2.51. The number of unbranched alkanes of at least 4 members (excludes halogenated alkanes) is 5. The van der Waals surface area contributed by atoms with Crippen molar-refractivity contribution in [3.8, 4) is 0 Å². The maximum atomic E-state index is 12.7. The zero-order chi connectivity index (χ0) is 19.0. The van der Waals surface area contributed by atoms with Gasteiger partial charge >= 0.3 is 11.9 Å². The molecule has 0 rings (SSSR count). The van der Waals surface area contributed by atoms with Gasteiger partial charge < -0.3 is 9.47 Å². The number of hydrogen-bond donors (Lipinski definition) is 0. The Morgan fingerprint density at radius 3 is 1.80 bits per heavy atom. The first kappa shape index (κ1) is 23.4. The quantitative estimate of drug-likeness (QED) is 0.182. The molecule has 25 heavy (non-hydrogen) atoms. The van der Waals surface area contributed by atoms with Gasteiger partial charge in [-0.2, -0.15) is 0 Å². The van der Waals surface area contributed by atoms with Crippen LogP contribution in [0.5, 0.6) is 0 Å². The molecule has 4 heteroatoms. The summed E-state index contributed by atoms with van der Waals surface area (Å²) in [5.74, 6) is -1.03. The third-order valence-electron chi connectivity index (χ3n) is 4.07. The minimum atomic E-state index is -1.38. The van der Waals surface area contributed by atoms with E-state index in [0.29, 0.717) is 13.2 Å². The first-order valence-corrected chi connectivity index (χ1v) is 9.68. The highest BCUT2D eigenvalue weighted by Gasteiger charge is 2.45. The molecule has 144 valence electrons. The van der Waals surface area contributed by atoms with Crippen LogP contribution in [0.4, 0.5) is 0 Å². The molecule has 0 aliphatic rings. The van der Waals surface area contributed by atoms with Gasteiger partial charge in [0.1, 0.15) is 0 Å². The van der Waals surface area contributed by atoms with Gasteiger partial charge in [0.2, 0.25) is 0 Å². The minimum Gasteiger partial charge on any atom is -0.465 e. The van der Waals surface area contributed by atoms with E-state index in [1.54, 1.807) is 19.1 Å². The standard InChI is InChI=1S/C21H36O4/c1-5-9-12-14-18-25-20(23)21(15-8-4,16-11-7-3)19(22)24-17-13-10-6-2/h7-8,11,15H,5-6,9-10,12-14,16-18H2,1-4H3.